The third-order valence-corrected chi connectivity index (χ3v) is 6.21. The zero-order chi connectivity index (χ0) is 17.1. The number of hydrogen-bond donors (Lipinski definition) is 1. The van der Waals surface area contributed by atoms with Gasteiger partial charge in [0.2, 0.25) is 0 Å². The lowest BCUT2D eigenvalue weighted by atomic mass is 10.2. The van der Waals surface area contributed by atoms with E-state index < -0.39 is 0 Å². The first-order valence-electron chi connectivity index (χ1n) is 8.34. The maximum atomic E-state index is 12.5. The highest BCUT2D eigenvalue weighted by atomic mass is 32.1. The van der Waals surface area contributed by atoms with Gasteiger partial charge in [-0.1, -0.05) is 36.4 Å². The van der Waals surface area contributed by atoms with E-state index in [0.29, 0.717) is 5.69 Å². The average molecular weight is 370 g/mol. The summed E-state index contributed by atoms with van der Waals surface area (Å²) >= 11 is 3.17. The molecule has 128 valence electrons. The Morgan fingerprint density at radius 1 is 1.20 bits per heavy atom. The predicted octanol–water partition coefficient (Wildman–Crippen LogP) is 3.88. The van der Waals surface area contributed by atoms with Gasteiger partial charge in [0.15, 0.2) is 0 Å². The van der Waals surface area contributed by atoms with Crippen LogP contribution in [-0.2, 0) is 6.54 Å². The molecule has 1 aliphatic heterocycles. The predicted molar refractivity (Wildman–Crippen MR) is 103 cm³/mol. The van der Waals surface area contributed by atoms with E-state index in [9.17, 15) is 4.79 Å². The van der Waals surface area contributed by atoms with Gasteiger partial charge in [0.25, 0.3) is 5.91 Å². The van der Waals surface area contributed by atoms with Gasteiger partial charge >= 0.3 is 0 Å². The van der Waals surface area contributed by atoms with Crippen LogP contribution in [0.1, 0.15) is 22.5 Å². The third-order valence-electron chi connectivity index (χ3n) is 4.33. The Morgan fingerprint density at radius 3 is 2.88 bits per heavy atom. The molecule has 3 aromatic rings. The first-order chi connectivity index (χ1) is 12.3. The second kappa shape index (κ2) is 7.47. The number of thiophene rings is 1. The largest absolute Gasteiger partial charge is 0.347 e. The van der Waals surface area contributed by atoms with Crippen LogP contribution in [0.4, 0.5) is 0 Å². The molecule has 3 heterocycles. The normalized spacial score (nSPS) is 17.7. The number of likely N-dealkylation sites (tertiary alicyclic amines) is 1. The summed E-state index contributed by atoms with van der Waals surface area (Å²) in [7, 11) is 0. The van der Waals surface area contributed by atoms with Crippen molar-refractivity contribution in [2.75, 3.05) is 13.1 Å². The molecule has 6 heteroatoms. The zero-order valence-corrected chi connectivity index (χ0v) is 15.4. The summed E-state index contributed by atoms with van der Waals surface area (Å²) in [6.07, 6.45) is 0.987. The average Bonchev–Trinajstić information content (AvgIpc) is 3.37. The highest BCUT2D eigenvalue weighted by Gasteiger charge is 2.25. The summed E-state index contributed by atoms with van der Waals surface area (Å²) in [4.78, 5) is 20.4. The molecule has 0 saturated carbocycles. The molecule has 2 aromatic heterocycles. The van der Waals surface area contributed by atoms with Crippen LogP contribution in [0.2, 0.25) is 0 Å². The SMILES string of the molecule is O=C(N[C@@H]1CCN(Cc2ccccc2)C1)c1csc(-c2cccs2)n1. The minimum atomic E-state index is -0.0642. The van der Waals surface area contributed by atoms with E-state index >= 15 is 0 Å². The fourth-order valence-corrected chi connectivity index (χ4v) is 4.70. The monoisotopic (exact) mass is 369 g/mol. The molecule has 1 atom stereocenters. The van der Waals surface area contributed by atoms with Gasteiger partial charge in [-0.05, 0) is 23.4 Å². The summed E-state index contributed by atoms with van der Waals surface area (Å²) < 4.78 is 0. The molecule has 4 rings (SSSR count). The van der Waals surface area contributed by atoms with Crippen molar-refractivity contribution in [2.45, 2.75) is 19.0 Å². The van der Waals surface area contributed by atoms with Gasteiger partial charge in [-0.15, -0.1) is 22.7 Å². The fourth-order valence-electron chi connectivity index (χ4n) is 3.09. The van der Waals surface area contributed by atoms with Crippen LogP contribution in [0.15, 0.2) is 53.2 Å². The molecule has 0 unspecified atom stereocenters. The smallest absolute Gasteiger partial charge is 0.271 e. The van der Waals surface area contributed by atoms with Crippen LogP contribution in [0.3, 0.4) is 0 Å². The van der Waals surface area contributed by atoms with Crippen LogP contribution < -0.4 is 5.32 Å². The third kappa shape index (κ3) is 3.98. The first kappa shape index (κ1) is 16.4. The Kier molecular flexibility index (Phi) is 4.92. The standard InChI is InChI=1S/C19H19N3OS2/c23-18(16-13-25-19(21-16)17-7-4-10-24-17)20-15-8-9-22(12-15)11-14-5-2-1-3-6-14/h1-7,10,13,15H,8-9,11-12H2,(H,20,23)/t15-/m1/s1. The Morgan fingerprint density at radius 2 is 2.08 bits per heavy atom. The van der Waals surface area contributed by atoms with Crippen molar-refractivity contribution in [1.82, 2.24) is 15.2 Å². The molecule has 0 aliphatic carbocycles. The van der Waals surface area contributed by atoms with Crippen molar-refractivity contribution in [3.63, 3.8) is 0 Å². The highest BCUT2D eigenvalue weighted by molar-refractivity contribution is 7.20. The molecule has 1 fully saturated rings. The Balaban J connectivity index is 1.33. The van der Waals surface area contributed by atoms with Crippen molar-refractivity contribution < 1.29 is 4.79 Å². The Hall–Kier alpha value is -2.02. The van der Waals surface area contributed by atoms with Gasteiger partial charge in [0.1, 0.15) is 10.7 Å². The van der Waals surface area contributed by atoms with Crippen LogP contribution in [-0.4, -0.2) is 34.9 Å². The molecule has 4 nitrogen and oxygen atoms in total. The molecule has 0 bridgehead atoms. The Bertz CT molecular complexity index is 829. The van der Waals surface area contributed by atoms with E-state index in [4.69, 9.17) is 0 Å². The van der Waals surface area contributed by atoms with Gasteiger partial charge in [0.05, 0.1) is 4.88 Å². The highest BCUT2D eigenvalue weighted by Crippen LogP contribution is 2.27. The lowest BCUT2D eigenvalue weighted by molar-refractivity contribution is 0.0933. The van der Waals surface area contributed by atoms with E-state index in [1.54, 1.807) is 11.3 Å². The van der Waals surface area contributed by atoms with Gasteiger partial charge in [-0.25, -0.2) is 4.98 Å². The van der Waals surface area contributed by atoms with Gasteiger partial charge in [0, 0.05) is 31.1 Å². The molecule has 1 amide bonds. The molecule has 0 radical (unpaired) electrons. The number of benzene rings is 1. The molecule has 1 N–H and O–H groups in total. The summed E-state index contributed by atoms with van der Waals surface area (Å²) in [5, 5.41) is 7.92. The van der Waals surface area contributed by atoms with Crippen LogP contribution >= 0.6 is 22.7 Å². The molecule has 25 heavy (non-hydrogen) atoms. The summed E-state index contributed by atoms with van der Waals surface area (Å²) in [6.45, 7) is 2.84. The number of hydrogen-bond acceptors (Lipinski definition) is 5. The van der Waals surface area contributed by atoms with Gasteiger partial charge < -0.3 is 5.32 Å². The number of amides is 1. The number of rotatable bonds is 5. The zero-order valence-electron chi connectivity index (χ0n) is 13.7. The molecular formula is C19H19N3OS2. The van der Waals surface area contributed by atoms with Crippen molar-refractivity contribution in [1.29, 1.82) is 0 Å². The van der Waals surface area contributed by atoms with Crippen molar-refractivity contribution in [3.8, 4) is 9.88 Å². The molecule has 0 spiro atoms. The molecular weight excluding hydrogens is 350 g/mol. The number of carbonyl (C=O) groups excluding carboxylic acids is 1. The molecule has 1 aliphatic rings. The second-order valence-corrected chi connectivity index (χ2v) is 8.00. The van der Waals surface area contributed by atoms with E-state index in [1.165, 1.54) is 16.9 Å². The number of nitrogens with zero attached hydrogens (tertiary/aromatic N) is 2. The Labute approximate surface area is 155 Å². The number of thiazole rings is 1. The number of carbonyl (C=O) groups is 1. The van der Waals surface area contributed by atoms with Crippen molar-refractivity contribution >= 4 is 28.6 Å². The van der Waals surface area contributed by atoms with E-state index in [0.717, 1.165) is 35.9 Å². The van der Waals surface area contributed by atoms with E-state index in [1.807, 2.05) is 29.0 Å². The lowest BCUT2D eigenvalue weighted by Gasteiger charge is -2.16. The van der Waals surface area contributed by atoms with E-state index in [-0.39, 0.29) is 11.9 Å². The second-order valence-electron chi connectivity index (χ2n) is 6.19. The summed E-state index contributed by atoms with van der Waals surface area (Å²) in [5.74, 6) is -0.0642. The summed E-state index contributed by atoms with van der Waals surface area (Å²) in [6, 6.07) is 14.7. The topological polar surface area (TPSA) is 45.2 Å². The van der Waals surface area contributed by atoms with E-state index in [2.05, 4.69) is 39.5 Å². The summed E-state index contributed by atoms with van der Waals surface area (Å²) in [5.41, 5.74) is 1.84. The number of nitrogens with one attached hydrogen (secondary N) is 1. The molecule has 1 saturated heterocycles. The van der Waals surface area contributed by atoms with Gasteiger partial charge in [-0.2, -0.15) is 0 Å². The number of aromatic nitrogens is 1. The van der Waals surface area contributed by atoms with Gasteiger partial charge in [-0.3, -0.25) is 9.69 Å². The van der Waals surface area contributed by atoms with Crippen molar-refractivity contribution in [2.24, 2.45) is 0 Å². The first-order valence-corrected chi connectivity index (χ1v) is 10.1. The molecule has 1 aromatic carbocycles. The van der Waals surface area contributed by atoms with Crippen LogP contribution in [0.25, 0.3) is 9.88 Å². The lowest BCUT2D eigenvalue weighted by Crippen LogP contribution is -2.37. The van der Waals surface area contributed by atoms with Crippen LogP contribution in [0.5, 0.6) is 0 Å². The minimum Gasteiger partial charge on any atom is -0.347 e. The minimum absolute atomic E-state index is 0.0642. The maximum Gasteiger partial charge on any atom is 0.271 e. The van der Waals surface area contributed by atoms with Crippen molar-refractivity contribution in [3.05, 3.63) is 64.5 Å². The quantitative estimate of drug-likeness (QED) is 0.742. The van der Waals surface area contributed by atoms with Crippen LogP contribution in [0, 0.1) is 0 Å². The maximum absolute atomic E-state index is 12.5. The fraction of sp³-hybridized carbons (Fsp3) is 0.263.